The van der Waals surface area contributed by atoms with E-state index in [1.807, 2.05) is 0 Å². The van der Waals surface area contributed by atoms with Crippen LogP contribution in [0.4, 0.5) is 0 Å². The summed E-state index contributed by atoms with van der Waals surface area (Å²) in [6.07, 6.45) is 8.73. The summed E-state index contributed by atoms with van der Waals surface area (Å²) in [5.74, 6) is 2.44. The molecule has 0 bridgehead atoms. The first kappa shape index (κ1) is 12.1. The first-order valence-electron chi connectivity index (χ1n) is 5.61. The van der Waals surface area contributed by atoms with E-state index in [1.54, 1.807) is 0 Å². The van der Waals surface area contributed by atoms with E-state index in [0.29, 0.717) is 25.2 Å². The standard InChI is InChI=1S/C12H20N2O/c1-4-8-13-12(15)9-14-10(2)6-5-7-11(14)3/h1,10-11H,5-9H2,2-3H3,(H,13,15). The number of nitrogens with one attached hydrogen (secondary N) is 1. The first-order chi connectivity index (χ1) is 7.15. The Labute approximate surface area is 92.2 Å². The van der Waals surface area contributed by atoms with Crippen LogP contribution in [0.1, 0.15) is 33.1 Å². The molecule has 0 aromatic heterocycles. The molecule has 0 aromatic carbocycles. The van der Waals surface area contributed by atoms with Gasteiger partial charge in [-0.3, -0.25) is 9.69 Å². The van der Waals surface area contributed by atoms with E-state index < -0.39 is 0 Å². The molecule has 0 aliphatic carbocycles. The van der Waals surface area contributed by atoms with Crippen LogP contribution in [0, 0.1) is 12.3 Å². The second-order valence-corrected chi connectivity index (χ2v) is 4.28. The predicted molar refractivity (Wildman–Crippen MR) is 61.3 cm³/mol. The Balaban J connectivity index is 2.41. The highest BCUT2D eigenvalue weighted by Crippen LogP contribution is 2.21. The number of rotatable bonds is 3. The molecule has 0 spiro atoms. The molecule has 2 unspecified atom stereocenters. The summed E-state index contributed by atoms with van der Waals surface area (Å²) in [6.45, 7) is 5.17. The van der Waals surface area contributed by atoms with Crippen LogP contribution in [0.3, 0.4) is 0 Å². The number of nitrogens with zero attached hydrogens (tertiary/aromatic N) is 1. The number of terminal acetylenes is 1. The highest BCUT2D eigenvalue weighted by molar-refractivity contribution is 5.78. The van der Waals surface area contributed by atoms with Crippen LogP contribution in [-0.4, -0.2) is 36.0 Å². The van der Waals surface area contributed by atoms with Crippen LogP contribution in [0.5, 0.6) is 0 Å². The average molecular weight is 208 g/mol. The normalized spacial score (nSPS) is 27.0. The van der Waals surface area contributed by atoms with Gasteiger partial charge in [-0.2, -0.15) is 0 Å². The summed E-state index contributed by atoms with van der Waals surface area (Å²) in [4.78, 5) is 13.8. The van der Waals surface area contributed by atoms with Gasteiger partial charge in [0.1, 0.15) is 0 Å². The van der Waals surface area contributed by atoms with Crippen molar-refractivity contribution in [3.63, 3.8) is 0 Å². The zero-order chi connectivity index (χ0) is 11.3. The third kappa shape index (κ3) is 3.56. The lowest BCUT2D eigenvalue weighted by Crippen LogP contribution is -2.48. The minimum Gasteiger partial charge on any atom is -0.344 e. The smallest absolute Gasteiger partial charge is 0.234 e. The van der Waals surface area contributed by atoms with Crippen LogP contribution < -0.4 is 5.32 Å². The fraction of sp³-hybridized carbons (Fsp3) is 0.750. The maximum Gasteiger partial charge on any atom is 0.234 e. The highest BCUT2D eigenvalue weighted by Gasteiger charge is 2.25. The second kappa shape index (κ2) is 5.77. The van der Waals surface area contributed by atoms with E-state index in [-0.39, 0.29) is 5.91 Å². The van der Waals surface area contributed by atoms with Crippen molar-refractivity contribution in [3.8, 4) is 12.3 Å². The third-order valence-electron chi connectivity index (χ3n) is 3.09. The summed E-state index contributed by atoms with van der Waals surface area (Å²) in [5, 5.41) is 2.70. The number of hydrogen-bond acceptors (Lipinski definition) is 2. The van der Waals surface area contributed by atoms with Gasteiger partial charge in [-0.15, -0.1) is 6.42 Å². The van der Waals surface area contributed by atoms with Gasteiger partial charge in [0.2, 0.25) is 5.91 Å². The molecule has 0 aromatic rings. The van der Waals surface area contributed by atoms with Crippen molar-refractivity contribution >= 4 is 5.91 Å². The lowest BCUT2D eigenvalue weighted by atomic mass is 9.97. The van der Waals surface area contributed by atoms with Crippen molar-refractivity contribution in [2.24, 2.45) is 0 Å². The van der Waals surface area contributed by atoms with Gasteiger partial charge in [0.25, 0.3) is 0 Å². The molecular formula is C12H20N2O. The van der Waals surface area contributed by atoms with Crippen molar-refractivity contribution in [2.45, 2.75) is 45.2 Å². The molecule has 1 saturated heterocycles. The van der Waals surface area contributed by atoms with Gasteiger partial charge in [0.05, 0.1) is 13.1 Å². The molecule has 0 radical (unpaired) electrons. The number of likely N-dealkylation sites (tertiary alicyclic amines) is 1. The quantitative estimate of drug-likeness (QED) is 0.702. The van der Waals surface area contributed by atoms with Crippen molar-refractivity contribution in [3.05, 3.63) is 0 Å². The first-order valence-corrected chi connectivity index (χ1v) is 5.61. The summed E-state index contributed by atoms with van der Waals surface area (Å²) in [5.41, 5.74) is 0. The molecule has 15 heavy (non-hydrogen) atoms. The fourth-order valence-electron chi connectivity index (χ4n) is 2.16. The van der Waals surface area contributed by atoms with Crippen molar-refractivity contribution in [1.29, 1.82) is 0 Å². The van der Waals surface area contributed by atoms with E-state index in [4.69, 9.17) is 6.42 Å². The molecule has 1 amide bonds. The van der Waals surface area contributed by atoms with E-state index in [1.165, 1.54) is 19.3 Å². The molecule has 1 heterocycles. The molecule has 1 rings (SSSR count). The van der Waals surface area contributed by atoms with E-state index in [9.17, 15) is 4.79 Å². The Morgan fingerprint density at radius 2 is 2.07 bits per heavy atom. The molecule has 0 saturated carbocycles. The van der Waals surface area contributed by atoms with Crippen molar-refractivity contribution in [1.82, 2.24) is 10.2 Å². The van der Waals surface area contributed by atoms with Crippen LogP contribution in [-0.2, 0) is 4.79 Å². The van der Waals surface area contributed by atoms with Gasteiger partial charge >= 0.3 is 0 Å². The van der Waals surface area contributed by atoms with E-state index >= 15 is 0 Å². The summed E-state index contributed by atoms with van der Waals surface area (Å²) >= 11 is 0. The van der Waals surface area contributed by atoms with E-state index in [2.05, 4.69) is 30.0 Å². The maximum atomic E-state index is 11.5. The number of carbonyl (C=O) groups excluding carboxylic acids is 1. The minimum absolute atomic E-state index is 0.0357. The summed E-state index contributed by atoms with van der Waals surface area (Å²) in [6, 6.07) is 1.01. The number of hydrogen-bond donors (Lipinski definition) is 1. The van der Waals surface area contributed by atoms with Gasteiger partial charge in [-0.1, -0.05) is 12.3 Å². The molecule has 1 aliphatic rings. The minimum atomic E-state index is 0.0357. The Kier molecular flexibility index (Phi) is 4.64. The molecular weight excluding hydrogens is 188 g/mol. The monoisotopic (exact) mass is 208 g/mol. The van der Waals surface area contributed by atoms with Gasteiger partial charge in [0.15, 0.2) is 0 Å². The number of piperidine rings is 1. The van der Waals surface area contributed by atoms with Crippen LogP contribution in [0.2, 0.25) is 0 Å². The van der Waals surface area contributed by atoms with Gasteiger partial charge in [-0.05, 0) is 26.7 Å². The highest BCUT2D eigenvalue weighted by atomic mass is 16.2. The van der Waals surface area contributed by atoms with E-state index in [0.717, 1.165) is 0 Å². The molecule has 3 heteroatoms. The lowest BCUT2D eigenvalue weighted by Gasteiger charge is -2.38. The second-order valence-electron chi connectivity index (χ2n) is 4.28. The topological polar surface area (TPSA) is 32.3 Å². The lowest BCUT2D eigenvalue weighted by molar-refractivity contribution is -0.123. The molecule has 3 nitrogen and oxygen atoms in total. The zero-order valence-corrected chi connectivity index (χ0v) is 9.62. The van der Waals surface area contributed by atoms with Crippen molar-refractivity contribution < 1.29 is 4.79 Å². The molecule has 1 N–H and O–H groups in total. The zero-order valence-electron chi connectivity index (χ0n) is 9.62. The Morgan fingerprint density at radius 3 is 2.60 bits per heavy atom. The molecule has 84 valence electrons. The maximum absolute atomic E-state index is 11.5. The SMILES string of the molecule is C#CCNC(=O)CN1C(C)CCCC1C. The van der Waals surface area contributed by atoms with Crippen molar-refractivity contribution in [2.75, 3.05) is 13.1 Å². The van der Waals surface area contributed by atoms with Gasteiger partial charge < -0.3 is 5.32 Å². The Bertz CT molecular complexity index is 247. The average Bonchev–Trinajstić information content (AvgIpc) is 2.21. The largest absolute Gasteiger partial charge is 0.344 e. The van der Waals surface area contributed by atoms with Crippen LogP contribution in [0.25, 0.3) is 0 Å². The fourth-order valence-corrected chi connectivity index (χ4v) is 2.16. The Hall–Kier alpha value is -1.01. The predicted octanol–water partition coefficient (Wildman–Crippen LogP) is 0.999. The summed E-state index contributed by atoms with van der Waals surface area (Å²) < 4.78 is 0. The third-order valence-corrected chi connectivity index (χ3v) is 3.09. The number of carbonyl (C=O) groups is 1. The molecule has 1 aliphatic heterocycles. The van der Waals surface area contributed by atoms with Crippen LogP contribution in [0.15, 0.2) is 0 Å². The summed E-state index contributed by atoms with van der Waals surface area (Å²) in [7, 11) is 0. The number of amides is 1. The molecule has 2 atom stereocenters. The Morgan fingerprint density at radius 1 is 1.47 bits per heavy atom. The molecule has 1 fully saturated rings. The van der Waals surface area contributed by atoms with Crippen LogP contribution >= 0.6 is 0 Å². The van der Waals surface area contributed by atoms with Gasteiger partial charge in [0, 0.05) is 12.1 Å². The van der Waals surface area contributed by atoms with Gasteiger partial charge in [-0.25, -0.2) is 0 Å².